The van der Waals surface area contributed by atoms with Crippen molar-refractivity contribution in [2.75, 3.05) is 14.7 Å². The highest BCUT2D eigenvalue weighted by Gasteiger charge is 2.48. The molecule has 0 aromatic heterocycles. The van der Waals surface area contributed by atoms with Crippen molar-refractivity contribution >= 4 is 74.3 Å². The van der Waals surface area contributed by atoms with E-state index in [1.165, 1.54) is 141 Å². The van der Waals surface area contributed by atoms with Crippen molar-refractivity contribution in [1.29, 1.82) is 0 Å². The Hall–Kier alpha value is -6.78. The Bertz CT molecular complexity index is 3790. The van der Waals surface area contributed by atoms with Gasteiger partial charge in [-0.25, -0.2) is 0 Å². The molecular formula is C74H80BN3. The van der Waals surface area contributed by atoms with Gasteiger partial charge in [0, 0.05) is 56.6 Å². The van der Waals surface area contributed by atoms with Crippen molar-refractivity contribution in [1.82, 2.24) is 0 Å². The third kappa shape index (κ3) is 7.50. The SMILES string of the molecule is Cc1cc2c3c(c1)N(c1ccc4c(c1)C(C)(C)CCC4(C)C)c1cc4c(cc1B3c1ccc(N(c3ccccc3C)c3ccccc3C)cc1N2c1ccc2c(c1)C(C)(C)c1cc(C(C)(C)C)ccc1-2)C(C)(C)CCC4(C)C. The summed E-state index contributed by atoms with van der Waals surface area (Å²) < 4.78 is 0. The predicted octanol–water partition coefficient (Wildman–Crippen LogP) is 18.5. The van der Waals surface area contributed by atoms with Gasteiger partial charge >= 0.3 is 0 Å². The third-order valence-corrected chi connectivity index (χ3v) is 20.0. The van der Waals surface area contributed by atoms with Crippen LogP contribution in [0.5, 0.6) is 0 Å². The van der Waals surface area contributed by atoms with Crippen LogP contribution in [0.4, 0.5) is 51.2 Å². The minimum atomic E-state index is -0.201. The molecule has 0 N–H and O–H groups in total. The average molecular weight is 1020 g/mol. The molecule has 0 bridgehead atoms. The molecule has 2 aliphatic heterocycles. The van der Waals surface area contributed by atoms with Gasteiger partial charge in [-0.3, -0.25) is 0 Å². The predicted molar refractivity (Wildman–Crippen MR) is 336 cm³/mol. The Labute approximate surface area is 467 Å². The van der Waals surface area contributed by atoms with E-state index in [1.807, 2.05) is 0 Å². The fourth-order valence-corrected chi connectivity index (χ4v) is 15.0. The molecule has 78 heavy (non-hydrogen) atoms. The molecule has 394 valence electrons. The summed E-state index contributed by atoms with van der Waals surface area (Å²) >= 11 is 0. The van der Waals surface area contributed by atoms with E-state index in [2.05, 4.69) is 271 Å². The van der Waals surface area contributed by atoms with Crippen LogP contribution in [-0.4, -0.2) is 6.71 Å². The lowest BCUT2D eigenvalue weighted by atomic mass is 9.33. The molecule has 0 saturated heterocycles. The highest BCUT2D eigenvalue weighted by atomic mass is 15.2. The second kappa shape index (κ2) is 16.9. The summed E-state index contributed by atoms with van der Waals surface area (Å²) in [5.41, 5.74) is 31.9. The molecular weight excluding hydrogens is 942 g/mol. The van der Waals surface area contributed by atoms with Crippen LogP contribution in [0.25, 0.3) is 11.1 Å². The van der Waals surface area contributed by atoms with E-state index in [1.54, 1.807) is 0 Å². The van der Waals surface area contributed by atoms with Crippen LogP contribution in [-0.2, 0) is 32.5 Å². The number of nitrogens with zero attached hydrogens (tertiary/aromatic N) is 3. The van der Waals surface area contributed by atoms with E-state index in [0.717, 1.165) is 18.5 Å². The Kier molecular flexibility index (Phi) is 11.0. The van der Waals surface area contributed by atoms with Crippen molar-refractivity contribution in [2.45, 2.75) is 169 Å². The fraction of sp³-hybridized carbons (Fsp3) is 0.351. The van der Waals surface area contributed by atoms with E-state index in [-0.39, 0.29) is 39.2 Å². The summed E-state index contributed by atoms with van der Waals surface area (Å²) in [5.74, 6) is 0. The molecule has 13 rings (SSSR count). The quantitative estimate of drug-likeness (QED) is 0.159. The van der Waals surface area contributed by atoms with E-state index >= 15 is 0 Å². The van der Waals surface area contributed by atoms with Crippen molar-refractivity contribution in [3.05, 3.63) is 201 Å². The van der Waals surface area contributed by atoms with Crippen LogP contribution in [0.15, 0.2) is 146 Å². The van der Waals surface area contributed by atoms with Crippen LogP contribution in [0.3, 0.4) is 0 Å². The van der Waals surface area contributed by atoms with Crippen molar-refractivity contribution in [3.8, 4) is 11.1 Å². The van der Waals surface area contributed by atoms with Gasteiger partial charge in [0.1, 0.15) is 0 Å². The van der Waals surface area contributed by atoms with Gasteiger partial charge in [-0.1, -0.05) is 169 Å². The summed E-state index contributed by atoms with van der Waals surface area (Å²) in [6.07, 6.45) is 4.69. The Morgan fingerprint density at radius 2 is 0.897 bits per heavy atom. The maximum absolute atomic E-state index is 2.71. The van der Waals surface area contributed by atoms with E-state index in [4.69, 9.17) is 0 Å². The van der Waals surface area contributed by atoms with Crippen LogP contribution >= 0.6 is 0 Å². The Balaban J connectivity index is 1.12. The number of hydrogen-bond donors (Lipinski definition) is 0. The average Bonchev–Trinajstić information content (AvgIpc) is 3.67. The number of para-hydroxylation sites is 2. The normalized spacial score (nSPS) is 18.2. The number of hydrogen-bond acceptors (Lipinski definition) is 3. The topological polar surface area (TPSA) is 9.72 Å². The molecule has 0 atom stereocenters. The first kappa shape index (κ1) is 50.7. The maximum Gasteiger partial charge on any atom is 0.252 e. The van der Waals surface area contributed by atoms with Crippen LogP contribution in [0.1, 0.15) is 171 Å². The molecule has 5 aliphatic rings. The minimum Gasteiger partial charge on any atom is -0.311 e. The lowest BCUT2D eigenvalue weighted by Gasteiger charge is -2.48. The number of fused-ring (bicyclic) bond motifs is 9. The van der Waals surface area contributed by atoms with Gasteiger partial charge in [0.15, 0.2) is 0 Å². The van der Waals surface area contributed by atoms with Gasteiger partial charge in [0.05, 0.1) is 0 Å². The highest BCUT2D eigenvalue weighted by Crippen LogP contribution is 2.56. The summed E-state index contributed by atoms with van der Waals surface area (Å²) in [4.78, 5) is 7.88. The number of benzene rings is 8. The first-order valence-electron chi connectivity index (χ1n) is 29.2. The summed E-state index contributed by atoms with van der Waals surface area (Å²) in [5, 5.41) is 0. The van der Waals surface area contributed by atoms with Gasteiger partial charge in [-0.15, -0.1) is 0 Å². The van der Waals surface area contributed by atoms with Crippen molar-refractivity contribution in [2.24, 2.45) is 0 Å². The molecule has 0 unspecified atom stereocenters. The molecule has 4 heteroatoms. The molecule has 0 radical (unpaired) electrons. The van der Waals surface area contributed by atoms with Gasteiger partial charge in [-0.2, -0.15) is 0 Å². The molecule has 0 saturated carbocycles. The zero-order chi connectivity index (χ0) is 55.0. The van der Waals surface area contributed by atoms with E-state index < -0.39 is 0 Å². The molecule has 2 heterocycles. The maximum atomic E-state index is 2.71. The van der Waals surface area contributed by atoms with Crippen molar-refractivity contribution in [3.63, 3.8) is 0 Å². The molecule has 3 nitrogen and oxygen atoms in total. The lowest BCUT2D eigenvalue weighted by molar-refractivity contribution is 0.332. The van der Waals surface area contributed by atoms with Crippen LogP contribution in [0, 0.1) is 20.8 Å². The first-order valence-corrected chi connectivity index (χ1v) is 29.2. The second-order valence-corrected chi connectivity index (χ2v) is 28.6. The number of aryl methyl sites for hydroxylation is 3. The monoisotopic (exact) mass is 1020 g/mol. The van der Waals surface area contributed by atoms with Gasteiger partial charge in [0.2, 0.25) is 0 Å². The van der Waals surface area contributed by atoms with Crippen molar-refractivity contribution < 1.29 is 0 Å². The standard InChI is InChI=1S/C74H80BN3/c1-45-37-66-68-67(38-45)78(50-27-31-54-57(41-50)71(9,10)34-33-70(54,7)8)65-44-59-58(72(11,12)35-36-73(59,13)14)43-61(65)75(68)60-32-28-51(76(62-23-19-17-21-46(62)2)63-24-20-18-22-47(63)3)42-64(60)77(66)49-26-30-53-52-29-25-48(69(4,5)6)39-55(52)74(15,16)56(53)40-49/h17-32,37-44H,33-36H2,1-16H3. The van der Waals surface area contributed by atoms with E-state index in [0.29, 0.717) is 0 Å². The Morgan fingerprint density at radius 1 is 0.423 bits per heavy atom. The van der Waals surface area contributed by atoms with Gasteiger partial charge < -0.3 is 14.7 Å². The summed E-state index contributed by atoms with van der Waals surface area (Å²) in [6.45, 7) is 38.5. The highest BCUT2D eigenvalue weighted by molar-refractivity contribution is 7.00. The van der Waals surface area contributed by atoms with Crippen LogP contribution < -0.4 is 31.1 Å². The zero-order valence-corrected chi connectivity index (χ0v) is 49.6. The van der Waals surface area contributed by atoms with Crippen LogP contribution in [0.2, 0.25) is 0 Å². The molecule has 0 amide bonds. The zero-order valence-electron chi connectivity index (χ0n) is 49.6. The lowest BCUT2D eigenvalue weighted by Crippen LogP contribution is -2.62. The summed E-state index contributed by atoms with van der Waals surface area (Å²) in [6, 6.07) is 57.9. The van der Waals surface area contributed by atoms with E-state index in [9.17, 15) is 0 Å². The molecule has 0 fully saturated rings. The minimum absolute atomic E-state index is 0.0161. The largest absolute Gasteiger partial charge is 0.311 e. The summed E-state index contributed by atoms with van der Waals surface area (Å²) in [7, 11) is 0. The third-order valence-electron chi connectivity index (χ3n) is 20.0. The smallest absolute Gasteiger partial charge is 0.252 e. The molecule has 8 aromatic rings. The number of rotatable bonds is 5. The molecule has 3 aliphatic carbocycles. The number of anilines is 9. The van der Waals surface area contributed by atoms with Gasteiger partial charge in [0.25, 0.3) is 6.71 Å². The fourth-order valence-electron chi connectivity index (χ4n) is 15.0. The van der Waals surface area contributed by atoms with Gasteiger partial charge in [-0.05, 0) is 223 Å². The first-order chi connectivity index (χ1) is 36.8. The Morgan fingerprint density at radius 3 is 1.46 bits per heavy atom. The second-order valence-electron chi connectivity index (χ2n) is 28.6. The molecule has 8 aromatic carbocycles. The molecule has 0 spiro atoms.